The van der Waals surface area contributed by atoms with E-state index in [2.05, 4.69) is 0 Å². The summed E-state index contributed by atoms with van der Waals surface area (Å²) in [5.74, 6) is -3.72. The van der Waals surface area contributed by atoms with Crippen LogP contribution in [-0.4, -0.2) is 36.7 Å². The van der Waals surface area contributed by atoms with Crippen molar-refractivity contribution in [3.63, 3.8) is 0 Å². The highest BCUT2D eigenvalue weighted by molar-refractivity contribution is 5.75. The van der Waals surface area contributed by atoms with Crippen molar-refractivity contribution in [2.24, 2.45) is 0 Å². The molecule has 0 saturated heterocycles. The number of hydrogen-bond acceptors (Lipinski definition) is 4. The Bertz CT molecular complexity index is 493. The van der Waals surface area contributed by atoms with Crippen LogP contribution in [0.15, 0.2) is 18.2 Å². The van der Waals surface area contributed by atoms with Gasteiger partial charge in [-0.3, -0.25) is 9.59 Å². The molecule has 0 aliphatic heterocycles. The molecular weight excluding hydrogens is 272 g/mol. The van der Waals surface area contributed by atoms with Gasteiger partial charge in [0, 0.05) is 18.3 Å². The molecule has 0 aromatic heterocycles. The third-order valence-electron chi connectivity index (χ3n) is 2.49. The number of halogens is 2. The van der Waals surface area contributed by atoms with Gasteiger partial charge in [-0.15, -0.1) is 0 Å². The molecule has 0 amide bonds. The minimum absolute atomic E-state index is 0.0379. The molecule has 110 valence electrons. The van der Waals surface area contributed by atoms with Crippen LogP contribution in [0.25, 0.3) is 0 Å². The van der Waals surface area contributed by atoms with Crippen LogP contribution in [0, 0.1) is 11.6 Å². The third-order valence-corrected chi connectivity index (χ3v) is 2.49. The summed E-state index contributed by atoms with van der Waals surface area (Å²) in [4.78, 5) is 23.3. The molecule has 0 unspecified atom stereocenters. The summed E-state index contributed by atoms with van der Waals surface area (Å²) in [5.41, 5.74) is 0.190. The smallest absolute Gasteiger partial charge is 0.323 e. The molecule has 0 aliphatic carbocycles. The molecule has 1 aromatic carbocycles. The number of benzene rings is 1. The number of ether oxygens (including phenoxy) is 1. The maximum Gasteiger partial charge on any atom is 0.323 e. The lowest BCUT2D eigenvalue weighted by Gasteiger charge is -2.22. The van der Waals surface area contributed by atoms with Crippen molar-refractivity contribution in [1.82, 2.24) is 0 Å². The lowest BCUT2D eigenvalue weighted by atomic mass is 10.2. The van der Waals surface area contributed by atoms with Crippen LogP contribution in [0.4, 0.5) is 14.5 Å². The largest absolute Gasteiger partial charge is 0.480 e. The first kappa shape index (κ1) is 15.9. The third kappa shape index (κ3) is 4.83. The zero-order valence-electron chi connectivity index (χ0n) is 10.9. The van der Waals surface area contributed by atoms with E-state index in [0.29, 0.717) is 0 Å². The highest BCUT2D eigenvalue weighted by Crippen LogP contribution is 2.18. The highest BCUT2D eigenvalue weighted by Gasteiger charge is 2.15. The Hall–Kier alpha value is -2.18. The van der Waals surface area contributed by atoms with E-state index < -0.39 is 30.1 Å². The normalized spacial score (nSPS) is 10.2. The van der Waals surface area contributed by atoms with Crippen LogP contribution in [0.3, 0.4) is 0 Å². The number of rotatable bonds is 7. The summed E-state index contributed by atoms with van der Waals surface area (Å²) in [6.07, 6.45) is -0.0416. The predicted octanol–water partition coefficient (Wildman–Crippen LogP) is 1.81. The monoisotopic (exact) mass is 287 g/mol. The average molecular weight is 287 g/mol. The summed E-state index contributed by atoms with van der Waals surface area (Å²) in [6, 6.07) is 3.06. The maximum atomic E-state index is 13.2. The second kappa shape index (κ2) is 7.42. The van der Waals surface area contributed by atoms with Gasteiger partial charge in [0.2, 0.25) is 0 Å². The second-order valence-corrected chi connectivity index (χ2v) is 3.97. The van der Waals surface area contributed by atoms with Gasteiger partial charge in [-0.2, -0.15) is 0 Å². The molecule has 0 spiro atoms. The second-order valence-electron chi connectivity index (χ2n) is 3.97. The number of carboxylic acids is 1. The molecule has 1 rings (SSSR count). The Labute approximate surface area is 114 Å². The van der Waals surface area contributed by atoms with Crippen LogP contribution in [0.5, 0.6) is 0 Å². The van der Waals surface area contributed by atoms with Crippen molar-refractivity contribution in [3.8, 4) is 0 Å². The van der Waals surface area contributed by atoms with E-state index in [1.807, 2.05) is 0 Å². The first-order valence-electron chi connectivity index (χ1n) is 6.01. The molecule has 0 saturated carbocycles. The van der Waals surface area contributed by atoms with Gasteiger partial charge in [-0.1, -0.05) is 0 Å². The number of hydrogen-bond donors (Lipinski definition) is 1. The van der Waals surface area contributed by atoms with Gasteiger partial charge < -0.3 is 14.7 Å². The standard InChI is InChI=1S/C13H15F2NO4/c1-2-20-13(19)5-6-16(8-12(17)18)9-3-4-10(14)11(15)7-9/h3-4,7H,2,5-6,8H2,1H3,(H,17,18). The Kier molecular flexibility index (Phi) is 5.89. The number of esters is 1. The molecule has 0 atom stereocenters. The quantitative estimate of drug-likeness (QED) is 0.775. The van der Waals surface area contributed by atoms with Crippen molar-refractivity contribution in [2.75, 3.05) is 24.6 Å². The fourth-order valence-electron chi connectivity index (χ4n) is 1.60. The molecule has 5 nitrogen and oxygen atoms in total. The van der Waals surface area contributed by atoms with Gasteiger partial charge in [0.05, 0.1) is 13.0 Å². The number of anilines is 1. The summed E-state index contributed by atoms with van der Waals surface area (Å²) >= 11 is 0. The van der Waals surface area contributed by atoms with E-state index in [9.17, 15) is 18.4 Å². The molecule has 7 heteroatoms. The van der Waals surface area contributed by atoms with Gasteiger partial charge in [0.15, 0.2) is 11.6 Å². The molecule has 1 aromatic rings. The van der Waals surface area contributed by atoms with Crippen molar-refractivity contribution >= 4 is 17.6 Å². The highest BCUT2D eigenvalue weighted by atomic mass is 19.2. The van der Waals surface area contributed by atoms with E-state index in [1.165, 1.54) is 11.0 Å². The zero-order chi connectivity index (χ0) is 15.1. The summed E-state index contributed by atoms with van der Waals surface area (Å²) < 4.78 is 30.7. The summed E-state index contributed by atoms with van der Waals surface area (Å²) in [5, 5.41) is 8.81. The number of carboxylic acid groups (broad SMARTS) is 1. The first-order valence-corrected chi connectivity index (χ1v) is 6.01. The predicted molar refractivity (Wildman–Crippen MR) is 67.5 cm³/mol. The molecule has 1 N–H and O–H groups in total. The topological polar surface area (TPSA) is 66.8 Å². The summed E-state index contributed by atoms with van der Waals surface area (Å²) in [7, 11) is 0. The fourth-order valence-corrected chi connectivity index (χ4v) is 1.60. The van der Waals surface area contributed by atoms with E-state index in [0.717, 1.165) is 12.1 Å². The van der Waals surface area contributed by atoms with E-state index >= 15 is 0 Å². The molecule has 0 bridgehead atoms. The van der Waals surface area contributed by atoms with Gasteiger partial charge >= 0.3 is 11.9 Å². The van der Waals surface area contributed by atoms with Gasteiger partial charge in [0.1, 0.15) is 6.54 Å². The van der Waals surface area contributed by atoms with Crippen LogP contribution in [0.1, 0.15) is 13.3 Å². The molecule has 0 fully saturated rings. The molecule has 20 heavy (non-hydrogen) atoms. The van der Waals surface area contributed by atoms with E-state index in [-0.39, 0.29) is 25.3 Å². The van der Waals surface area contributed by atoms with E-state index in [4.69, 9.17) is 9.84 Å². The Morgan fingerprint density at radius 3 is 2.55 bits per heavy atom. The molecule has 0 heterocycles. The first-order chi connectivity index (χ1) is 9.43. The van der Waals surface area contributed by atoms with Gasteiger partial charge in [0.25, 0.3) is 0 Å². The van der Waals surface area contributed by atoms with Gasteiger partial charge in [-0.25, -0.2) is 8.78 Å². The Balaban J connectivity index is 2.80. The Morgan fingerprint density at radius 1 is 1.30 bits per heavy atom. The van der Waals surface area contributed by atoms with Crippen molar-refractivity contribution in [1.29, 1.82) is 0 Å². The molecular formula is C13H15F2NO4. The minimum Gasteiger partial charge on any atom is -0.480 e. The van der Waals surface area contributed by atoms with Crippen molar-refractivity contribution < 1.29 is 28.2 Å². The average Bonchev–Trinajstić information content (AvgIpc) is 2.38. The van der Waals surface area contributed by atoms with E-state index in [1.54, 1.807) is 6.92 Å². The number of carbonyl (C=O) groups is 2. The lowest BCUT2D eigenvalue weighted by Crippen LogP contribution is -2.32. The maximum absolute atomic E-state index is 13.2. The number of nitrogens with zero attached hydrogens (tertiary/aromatic N) is 1. The van der Waals surface area contributed by atoms with Crippen LogP contribution in [-0.2, 0) is 14.3 Å². The van der Waals surface area contributed by atoms with Crippen molar-refractivity contribution in [3.05, 3.63) is 29.8 Å². The summed E-state index contributed by atoms with van der Waals surface area (Å²) in [6.45, 7) is 1.49. The fraction of sp³-hybridized carbons (Fsp3) is 0.385. The molecule has 0 radical (unpaired) electrons. The van der Waals surface area contributed by atoms with Crippen LogP contribution in [0.2, 0.25) is 0 Å². The minimum atomic E-state index is -1.14. The number of carbonyl (C=O) groups excluding carboxylic acids is 1. The zero-order valence-corrected chi connectivity index (χ0v) is 10.9. The lowest BCUT2D eigenvalue weighted by molar-refractivity contribution is -0.143. The van der Waals surface area contributed by atoms with Crippen LogP contribution < -0.4 is 4.90 Å². The SMILES string of the molecule is CCOC(=O)CCN(CC(=O)O)c1ccc(F)c(F)c1. The van der Waals surface area contributed by atoms with Crippen LogP contribution >= 0.6 is 0 Å². The molecule has 0 aliphatic rings. The van der Waals surface area contributed by atoms with Gasteiger partial charge in [-0.05, 0) is 19.1 Å². The van der Waals surface area contributed by atoms with Crippen molar-refractivity contribution in [2.45, 2.75) is 13.3 Å². The number of aliphatic carboxylic acids is 1. The Morgan fingerprint density at radius 2 is 2.00 bits per heavy atom.